The topological polar surface area (TPSA) is 76.1 Å². The Morgan fingerprint density at radius 2 is 1.66 bits per heavy atom. The lowest BCUT2D eigenvalue weighted by Crippen LogP contribution is -2.10. The van der Waals surface area contributed by atoms with Crippen LogP contribution in [0.3, 0.4) is 0 Å². The van der Waals surface area contributed by atoms with Crippen LogP contribution in [-0.4, -0.2) is 23.0 Å². The van der Waals surface area contributed by atoms with Gasteiger partial charge in [-0.05, 0) is 48.2 Å². The Kier molecular flexibility index (Phi) is 5.82. The Balaban J connectivity index is 1.79. The average molecular weight is 390 g/mol. The highest BCUT2D eigenvalue weighted by molar-refractivity contribution is 5.90. The van der Waals surface area contributed by atoms with E-state index in [9.17, 15) is 4.79 Å². The van der Waals surface area contributed by atoms with Gasteiger partial charge in [0, 0.05) is 23.1 Å². The number of aromatic nitrogens is 2. The van der Waals surface area contributed by atoms with Crippen LogP contribution in [0, 0.1) is 6.92 Å². The lowest BCUT2D eigenvalue weighted by molar-refractivity contribution is 0.0601. The first-order chi connectivity index (χ1) is 13.7. The summed E-state index contributed by atoms with van der Waals surface area (Å²) < 4.78 is 4.77. The molecule has 3 rings (SSSR count). The molecule has 29 heavy (non-hydrogen) atoms. The molecule has 0 saturated heterocycles. The van der Waals surface area contributed by atoms with Gasteiger partial charge in [-0.15, -0.1) is 0 Å². The summed E-state index contributed by atoms with van der Waals surface area (Å²) in [6.07, 6.45) is 0. The van der Waals surface area contributed by atoms with Gasteiger partial charge >= 0.3 is 5.97 Å². The van der Waals surface area contributed by atoms with E-state index in [1.807, 2.05) is 31.2 Å². The van der Waals surface area contributed by atoms with E-state index in [4.69, 9.17) is 4.74 Å². The van der Waals surface area contributed by atoms with Crippen LogP contribution < -0.4 is 10.6 Å². The normalized spacial score (nSPS) is 11.1. The third-order valence-electron chi connectivity index (χ3n) is 4.42. The van der Waals surface area contributed by atoms with Crippen LogP contribution in [0.5, 0.6) is 0 Å². The van der Waals surface area contributed by atoms with Crippen molar-refractivity contribution in [3.05, 3.63) is 71.4 Å². The summed E-state index contributed by atoms with van der Waals surface area (Å²) in [5.74, 6) is 0.752. The molecule has 2 aromatic carbocycles. The molecular weight excluding hydrogens is 364 g/mol. The van der Waals surface area contributed by atoms with Crippen molar-refractivity contribution in [3.8, 4) is 0 Å². The van der Waals surface area contributed by atoms with Gasteiger partial charge in [-0.2, -0.15) is 4.98 Å². The molecule has 0 unspecified atom stereocenters. The highest BCUT2D eigenvalue weighted by atomic mass is 16.5. The maximum Gasteiger partial charge on any atom is 0.337 e. The molecule has 1 aromatic heterocycles. The molecule has 0 bridgehead atoms. The molecule has 0 aliphatic carbocycles. The second-order valence-electron chi connectivity index (χ2n) is 7.87. The van der Waals surface area contributed by atoms with Crippen LogP contribution in [-0.2, 0) is 10.2 Å². The molecule has 3 aromatic rings. The van der Waals surface area contributed by atoms with Crippen LogP contribution >= 0.6 is 0 Å². The highest BCUT2D eigenvalue weighted by Gasteiger charge is 2.13. The molecule has 0 aliphatic rings. The summed E-state index contributed by atoms with van der Waals surface area (Å²) in [5, 5.41) is 6.47. The minimum absolute atomic E-state index is 0.105. The monoisotopic (exact) mass is 390 g/mol. The number of carbonyl (C=O) groups is 1. The number of benzene rings is 2. The van der Waals surface area contributed by atoms with E-state index in [0.29, 0.717) is 17.3 Å². The van der Waals surface area contributed by atoms with Gasteiger partial charge < -0.3 is 15.4 Å². The molecule has 0 spiro atoms. The minimum atomic E-state index is -0.381. The Labute approximate surface area is 171 Å². The van der Waals surface area contributed by atoms with Crippen molar-refractivity contribution in [1.82, 2.24) is 9.97 Å². The summed E-state index contributed by atoms with van der Waals surface area (Å²) in [5.41, 5.74) is 4.32. The fourth-order valence-corrected chi connectivity index (χ4v) is 2.86. The van der Waals surface area contributed by atoms with E-state index in [2.05, 4.69) is 53.5 Å². The Morgan fingerprint density at radius 1 is 0.931 bits per heavy atom. The number of carbonyl (C=O) groups excluding carboxylic acids is 1. The molecule has 6 heteroatoms. The number of ether oxygens (including phenoxy) is 1. The lowest BCUT2D eigenvalue weighted by atomic mass is 9.87. The zero-order valence-electron chi connectivity index (χ0n) is 17.4. The van der Waals surface area contributed by atoms with Crippen LogP contribution in [0.15, 0.2) is 54.6 Å². The molecule has 150 valence electrons. The lowest BCUT2D eigenvalue weighted by Gasteiger charge is -2.19. The smallest absolute Gasteiger partial charge is 0.337 e. The first-order valence-corrected chi connectivity index (χ1v) is 9.43. The van der Waals surface area contributed by atoms with E-state index < -0.39 is 0 Å². The van der Waals surface area contributed by atoms with Gasteiger partial charge in [0.1, 0.15) is 5.82 Å². The Morgan fingerprint density at radius 3 is 2.31 bits per heavy atom. The Hall–Kier alpha value is -3.41. The van der Waals surface area contributed by atoms with Gasteiger partial charge in [-0.1, -0.05) is 39.0 Å². The second kappa shape index (κ2) is 8.31. The van der Waals surface area contributed by atoms with E-state index in [-0.39, 0.29) is 11.4 Å². The van der Waals surface area contributed by atoms with Crippen molar-refractivity contribution >= 4 is 29.1 Å². The molecule has 6 nitrogen and oxygen atoms in total. The summed E-state index contributed by atoms with van der Waals surface area (Å²) in [4.78, 5) is 20.7. The van der Waals surface area contributed by atoms with Gasteiger partial charge in [0.25, 0.3) is 0 Å². The molecular formula is C23H26N4O2. The summed E-state index contributed by atoms with van der Waals surface area (Å²) >= 11 is 0. The van der Waals surface area contributed by atoms with Gasteiger partial charge in [0.2, 0.25) is 5.95 Å². The van der Waals surface area contributed by atoms with E-state index >= 15 is 0 Å². The summed E-state index contributed by atoms with van der Waals surface area (Å²) in [7, 11) is 1.36. The SMILES string of the molecule is COC(=O)c1cccc(Nc2cc(C)nc(Nc3ccc(C(C)(C)C)cc3)n2)c1. The fourth-order valence-electron chi connectivity index (χ4n) is 2.86. The van der Waals surface area contributed by atoms with Crippen molar-refractivity contribution in [2.75, 3.05) is 17.7 Å². The molecule has 0 atom stereocenters. The van der Waals surface area contributed by atoms with Gasteiger partial charge in [-0.3, -0.25) is 0 Å². The molecule has 1 heterocycles. The molecule has 0 fully saturated rings. The molecule has 0 aliphatic heterocycles. The van der Waals surface area contributed by atoms with Crippen molar-refractivity contribution in [2.24, 2.45) is 0 Å². The third kappa shape index (κ3) is 5.31. The molecule has 0 saturated carbocycles. The fraction of sp³-hybridized carbons (Fsp3) is 0.261. The predicted octanol–water partition coefficient (Wildman–Crippen LogP) is 5.36. The summed E-state index contributed by atoms with van der Waals surface area (Å²) in [6, 6.07) is 17.2. The minimum Gasteiger partial charge on any atom is -0.465 e. The maximum atomic E-state index is 11.7. The number of anilines is 4. The number of nitrogens with zero attached hydrogens (tertiary/aromatic N) is 2. The van der Waals surface area contributed by atoms with E-state index in [1.165, 1.54) is 12.7 Å². The van der Waals surface area contributed by atoms with Crippen LogP contribution in [0.1, 0.15) is 42.4 Å². The van der Waals surface area contributed by atoms with E-state index in [1.54, 1.807) is 18.2 Å². The maximum absolute atomic E-state index is 11.7. The predicted molar refractivity (Wildman–Crippen MR) is 116 cm³/mol. The van der Waals surface area contributed by atoms with Crippen LogP contribution in [0.25, 0.3) is 0 Å². The number of rotatable bonds is 5. The first-order valence-electron chi connectivity index (χ1n) is 9.43. The van der Waals surface area contributed by atoms with Crippen molar-refractivity contribution in [1.29, 1.82) is 0 Å². The quantitative estimate of drug-likeness (QED) is 0.572. The van der Waals surface area contributed by atoms with Crippen LogP contribution in [0.4, 0.5) is 23.1 Å². The Bertz CT molecular complexity index is 1010. The van der Waals surface area contributed by atoms with Gasteiger partial charge in [0.15, 0.2) is 0 Å². The number of esters is 1. The van der Waals surface area contributed by atoms with Crippen LogP contribution in [0.2, 0.25) is 0 Å². The zero-order chi connectivity index (χ0) is 21.0. The number of hydrogen-bond acceptors (Lipinski definition) is 6. The molecule has 0 radical (unpaired) electrons. The molecule has 0 amide bonds. The van der Waals surface area contributed by atoms with Gasteiger partial charge in [0.05, 0.1) is 12.7 Å². The average Bonchev–Trinajstić information content (AvgIpc) is 2.67. The first kappa shape index (κ1) is 20.3. The second-order valence-corrected chi connectivity index (χ2v) is 7.87. The third-order valence-corrected chi connectivity index (χ3v) is 4.42. The standard InChI is InChI=1S/C23H26N4O2/c1-15-13-20(25-19-8-6-7-16(14-19)21(28)29-5)27-22(24-15)26-18-11-9-17(10-12-18)23(2,3)4/h6-14H,1-5H3,(H2,24,25,26,27). The van der Waals surface area contributed by atoms with Gasteiger partial charge in [-0.25, -0.2) is 9.78 Å². The van der Waals surface area contributed by atoms with Crippen molar-refractivity contribution in [2.45, 2.75) is 33.1 Å². The molecule has 2 N–H and O–H groups in total. The van der Waals surface area contributed by atoms with Crippen molar-refractivity contribution < 1.29 is 9.53 Å². The zero-order valence-corrected chi connectivity index (χ0v) is 17.4. The number of aryl methyl sites for hydroxylation is 1. The number of hydrogen-bond donors (Lipinski definition) is 2. The highest BCUT2D eigenvalue weighted by Crippen LogP contribution is 2.25. The van der Waals surface area contributed by atoms with Crippen molar-refractivity contribution in [3.63, 3.8) is 0 Å². The van der Waals surface area contributed by atoms with E-state index in [0.717, 1.165) is 17.1 Å². The largest absolute Gasteiger partial charge is 0.465 e. The number of methoxy groups -OCH3 is 1. The summed E-state index contributed by atoms with van der Waals surface area (Å²) in [6.45, 7) is 8.47. The number of nitrogens with one attached hydrogen (secondary N) is 2.